The quantitative estimate of drug-likeness (QED) is 0.189. The van der Waals surface area contributed by atoms with Gasteiger partial charge in [0.25, 0.3) is 6.71 Å². The number of hydrogen-bond acceptors (Lipinski definition) is 4. The Kier molecular flexibility index (Phi) is 5.40. The molecule has 0 fully saturated rings. The highest BCUT2D eigenvalue weighted by molar-refractivity contribution is 6.98. The number of pyridine rings is 1. The van der Waals surface area contributed by atoms with Crippen LogP contribution in [0.15, 0.2) is 140 Å². The van der Waals surface area contributed by atoms with Gasteiger partial charge in [0.05, 0.1) is 17.6 Å². The minimum Gasteiger partial charge on any atom is -0.458 e. The third-order valence-electron chi connectivity index (χ3n) is 10.3. The van der Waals surface area contributed by atoms with Gasteiger partial charge < -0.3 is 14.4 Å². The summed E-state index contributed by atoms with van der Waals surface area (Å²) in [5, 5.41) is 2.49. The van der Waals surface area contributed by atoms with E-state index in [1.807, 2.05) is 30.6 Å². The number of rotatable bonds is 3. The van der Waals surface area contributed by atoms with Gasteiger partial charge in [-0.05, 0) is 93.2 Å². The molecule has 3 aliphatic rings. The standard InChI is InChI=1S/C42H29BN2O2/c1-42(2)31-15-8-14-29-35(45(26-11-4-3-5-12-26)27-13-10-22-44-25-27)21-20-28(40(29)31)30-23-39-34(24-32(30)42)43-33-16-6-7-17-36(33)46-37-18-9-19-38(47-39)41(37)43/h3-25H,1-2H3. The zero-order valence-corrected chi connectivity index (χ0v) is 26.1. The summed E-state index contributed by atoms with van der Waals surface area (Å²) in [6.45, 7) is 4.76. The first-order valence-electron chi connectivity index (χ1n) is 16.2. The van der Waals surface area contributed by atoms with Crippen LogP contribution >= 0.6 is 0 Å². The molecule has 0 spiro atoms. The van der Waals surface area contributed by atoms with E-state index >= 15 is 0 Å². The molecule has 5 heteroatoms. The van der Waals surface area contributed by atoms with Crippen LogP contribution < -0.4 is 30.8 Å². The summed E-state index contributed by atoms with van der Waals surface area (Å²) in [5.41, 5.74) is 11.5. The Hall–Kier alpha value is -5.81. The number of nitrogens with zero attached hydrogens (tertiary/aromatic N) is 2. The van der Waals surface area contributed by atoms with Crippen LogP contribution in [-0.4, -0.2) is 11.7 Å². The van der Waals surface area contributed by atoms with Crippen LogP contribution in [0.25, 0.3) is 21.9 Å². The van der Waals surface area contributed by atoms with Crippen molar-refractivity contribution < 1.29 is 9.47 Å². The molecular weight excluding hydrogens is 575 g/mol. The van der Waals surface area contributed by atoms with E-state index in [1.165, 1.54) is 44.0 Å². The predicted octanol–water partition coefficient (Wildman–Crippen LogP) is 8.74. The average Bonchev–Trinajstić information content (AvgIpc) is 3.11. The topological polar surface area (TPSA) is 34.6 Å². The fraction of sp³-hybridized carbons (Fsp3) is 0.0714. The van der Waals surface area contributed by atoms with Crippen molar-refractivity contribution in [2.75, 3.05) is 4.90 Å². The fourth-order valence-corrected chi connectivity index (χ4v) is 8.13. The van der Waals surface area contributed by atoms with Crippen molar-refractivity contribution in [3.8, 4) is 34.1 Å². The van der Waals surface area contributed by atoms with E-state index in [0.717, 1.165) is 45.5 Å². The van der Waals surface area contributed by atoms with Crippen molar-refractivity contribution in [1.82, 2.24) is 4.98 Å². The molecule has 0 amide bonds. The first-order valence-corrected chi connectivity index (χ1v) is 16.2. The normalized spacial score (nSPS) is 14.2. The van der Waals surface area contributed by atoms with E-state index in [-0.39, 0.29) is 12.1 Å². The number of para-hydroxylation sites is 2. The van der Waals surface area contributed by atoms with E-state index in [9.17, 15) is 0 Å². The van der Waals surface area contributed by atoms with Crippen molar-refractivity contribution in [3.05, 3.63) is 151 Å². The molecule has 2 aliphatic heterocycles. The number of hydrogen-bond donors (Lipinski definition) is 0. The fourth-order valence-electron chi connectivity index (χ4n) is 8.13. The smallest absolute Gasteiger partial charge is 0.260 e. The predicted molar refractivity (Wildman–Crippen MR) is 192 cm³/mol. The van der Waals surface area contributed by atoms with E-state index in [0.29, 0.717) is 0 Å². The number of ether oxygens (including phenoxy) is 2. The molecule has 6 aromatic carbocycles. The van der Waals surface area contributed by atoms with Crippen molar-refractivity contribution in [2.24, 2.45) is 0 Å². The summed E-state index contributed by atoms with van der Waals surface area (Å²) < 4.78 is 13.1. The lowest BCUT2D eigenvalue weighted by Crippen LogP contribution is -2.57. The number of fused-ring (bicyclic) bond motifs is 6. The Balaban J connectivity index is 1.22. The Morgan fingerprint density at radius 3 is 2.17 bits per heavy atom. The Morgan fingerprint density at radius 2 is 1.34 bits per heavy atom. The molecule has 47 heavy (non-hydrogen) atoms. The second kappa shape index (κ2) is 9.60. The van der Waals surface area contributed by atoms with E-state index in [4.69, 9.17) is 9.47 Å². The summed E-state index contributed by atoms with van der Waals surface area (Å²) in [5.74, 6) is 3.54. The summed E-state index contributed by atoms with van der Waals surface area (Å²) in [6, 6.07) is 45.3. The minimum atomic E-state index is -0.258. The van der Waals surface area contributed by atoms with Gasteiger partial charge in [-0.15, -0.1) is 0 Å². The second-order valence-corrected chi connectivity index (χ2v) is 13.1. The highest BCUT2D eigenvalue weighted by Crippen LogP contribution is 2.52. The van der Waals surface area contributed by atoms with Gasteiger partial charge in [0.1, 0.15) is 23.0 Å². The Labute approximate surface area is 274 Å². The summed E-state index contributed by atoms with van der Waals surface area (Å²) in [6.07, 6.45) is 3.76. The van der Waals surface area contributed by atoms with Gasteiger partial charge >= 0.3 is 0 Å². The van der Waals surface area contributed by atoms with Crippen molar-refractivity contribution in [2.45, 2.75) is 19.3 Å². The molecule has 0 unspecified atom stereocenters. The van der Waals surface area contributed by atoms with Crippen LogP contribution in [0.5, 0.6) is 23.0 Å². The Bertz CT molecular complexity index is 2370. The summed E-state index contributed by atoms with van der Waals surface area (Å²) in [4.78, 5) is 6.79. The van der Waals surface area contributed by atoms with Crippen LogP contribution in [0.3, 0.4) is 0 Å². The molecule has 1 aliphatic carbocycles. The van der Waals surface area contributed by atoms with Gasteiger partial charge in [0.15, 0.2) is 0 Å². The van der Waals surface area contributed by atoms with Crippen LogP contribution in [-0.2, 0) is 5.41 Å². The van der Waals surface area contributed by atoms with Gasteiger partial charge in [0, 0.05) is 28.1 Å². The highest BCUT2D eigenvalue weighted by Gasteiger charge is 2.43. The van der Waals surface area contributed by atoms with E-state index in [1.54, 1.807) is 0 Å². The molecule has 0 radical (unpaired) electrons. The van der Waals surface area contributed by atoms with Gasteiger partial charge in [-0.3, -0.25) is 4.98 Å². The monoisotopic (exact) mass is 604 g/mol. The van der Waals surface area contributed by atoms with Gasteiger partial charge in [-0.25, -0.2) is 0 Å². The van der Waals surface area contributed by atoms with Crippen LogP contribution in [0.4, 0.5) is 17.1 Å². The lowest BCUT2D eigenvalue weighted by atomic mass is 9.34. The number of benzene rings is 6. The molecule has 0 saturated heterocycles. The molecule has 1 aromatic heterocycles. The van der Waals surface area contributed by atoms with Gasteiger partial charge in [-0.2, -0.15) is 0 Å². The molecule has 0 atom stereocenters. The first kappa shape index (κ1) is 26.4. The van der Waals surface area contributed by atoms with E-state index < -0.39 is 0 Å². The third kappa shape index (κ3) is 3.68. The van der Waals surface area contributed by atoms with Crippen LogP contribution in [0.2, 0.25) is 0 Å². The molecule has 7 aromatic rings. The molecule has 0 bridgehead atoms. The molecule has 0 N–H and O–H groups in total. The molecular formula is C42H29BN2O2. The second-order valence-electron chi connectivity index (χ2n) is 13.1. The van der Waals surface area contributed by atoms with Crippen LogP contribution in [0, 0.1) is 0 Å². The van der Waals surface area contributed by atoms with Gasteiger partial charge in [0.2, 0.25) is 0 Å². The lowest BCUT2D eigenvalue weighted by molar-refractivity contribution is 0.464. The first-order chi connectivity index (χ1) is 23.1. The highest BCUT2D eigenvalue weighted by atomic mass is 16.5. The maximum absolute atomic E-state index is 6.74. The molecule has 222 valence electrons. The number of aromatic nitrogens is 1. The van der Waals surface area contributed by atoms with Gasteiger partial charge in [-0.1, -0.05) is 86.6 Å². The molecule has 3 heterocycles. The molecule has 10 rings (SSSR count). The maximum Gasteiger partial charge on any atom is 0.260 e. The minimum absolute atomic E-state index is 0.0366. The third-order valence-corrected chi connectivity index (χ3v) is 10.3. The molecule has 0 saturated carbocycles. The lowest BCUT2D eigenvalue weighted by Gasteiger charge is -2.39. The van der Waals surface area contributed by atoms with Crippen molar-refractivity contribution >= 4 is 50.9 Å². The van der Waals surface area contributed by atoms with E-state index in [2.05, 4.69) is 133 Å². The molecule has 4 nitrogen and oxygen atoms in total. The maximum atomic E-state index is 6.74. The van der Waals surface area contributed by atoms with Crippen molar-refractivity contribution in [1.29, 1.82) is 0 Å². The number of anilines is 3. The zero-order chi connectivity index (χ0) is 31.3. The average molecular weight is 605 g/mol. The summed E-state index contributed by atoms with van der Waals surface area (Å²) in [7, 11) is 0. The SMILES string of the molecule is CC1(C)c2cc3c(cc2-c2ccc(N(c4ccccc4)c4cccnc4)c4cccc1c24)Oc1cccc2c1B3c1ccccc1O2. The van der Waals surface area contributed by atoms with Crippen LogP contribution in [0.1, 0.15) is 25.0 Å². The van der Waals surface area contributed by atoms with Crippen molar-refractivity contribution in [3.63, 3.8) is 0 Å². The zero-order valence-electron chi connectivity index (χ0n) is 26.1. The Morgan fingerprint density at radius 1 is 0.596 bits per heavy atom. The largest absolute Gasteiger partial charge is 0.458 e. The summed E-state index contributed by atoms with van der Waals surface area (Å²) >= 11 is 0.